The Labute approximate surface area is 120 Å². The number of nitrogens with zero attached hydrogens (tertiary/aromatic N) is 1. The second-order valence-corrected chi connectivity index (χ2v) is 7.59. The van der Waals surface area contributed by atoms with Crippen molar-refractivity contribution in [2.45, 2.75) is 26.7 Å². The summed E-state index contributed by atoms with van der Waals surface area (Å²) in [6.07, 6.45) is 1.55. The zero-order valence-electron chi connectivity index (χ0n) is 12.1. The Morgan fingerprint density at radius 3 is 2.70 bits per heavy atom. The van der Waals surface area contributed by atoms with Crippen molar-refractivity contribution >= 4 is 21.3 Å². The molecule has 110 valence electrons. The summed E-state index contributed by atoms with van der Waals surface area (Å²) < 4.78 is 23.5. The van der Waals surface area contributed by atoms with Crippen LogP contribution in [0.5, 0.6) is 0 Å². The maximum Gasteiger partial charge on any atom is 0.159 e. The number of fused-ring (bicyclic) bond motifs is 1. The number of Topliss-reactive ketones (excluding diaryl/α,β-unsaturated/α-hetero) is 1. The molecule has 0 saturated heterocycles. The van der Waals surface area contributed by atoms with Gasteiger partial charge in [0.15, 0.2) is 15.6 Å². The second-order valence-electron chi connectivity index (χ2n) is 5.29. The van der Waals surface area contributed by atoms with E-state index in [4.69, 9.17) is 0 Å². The lowest BCUT2D eigenvalue weighted by molar-refractivity contribution is 0.101. The quantitative estimate of drug-likeness (QED) is 0.754. The van der Waals surface area contributed by atoms with Gasteiger partial charge in [-0.25, -0.2) is 8.42 Å². The predicted octanol–water partition coefficient (Wildman–Crippen LogP) is 2.08. The maximum absolute atomic E-state index is 11.8. The highest BCUT2D eigenvalue weighted by molar-refractivity contribution is 7.91. The number of anilines is 1. The highest BCUT2D eigenvalue weighted by atomic mass is 32.2. The van der Waals surface area contributed by atoms with Gasteiger partial charge >= 0.3 is 0 Å². The molecule has 0 spiro atoms. The first-order chi connectivity index (χ1) is 9.43. The van der Waals surface area contributed by atoms with Crippen LogP contribution in [0.25, 0.3) is 0 Å². The third-order valence-electron chi connectivity index (χ3n) is 3.67. The van der Waals surface area contributed by atoms with E-state index >= 15 is 0 Å². The van der Waals surface area contributed by atoms with Crippen LogP contribution in [0.4, 0.5) is 5.69 Å². The first-order valence-electron chi connectivity index (χ1n) is 7.02. The number of rotatable bonds is 6. The summed E-state index contributed by atoms with van der Waals surface area (Å²) in [6, 6.07) is 5.68. The Balaban J connectivity index is 2.07. The van der Waals surface area contributed by atoms with E-state index in [2.05, 4.69) is 4.90 Å². The number of benzene rings is 1. The van der Waals surface area contributed by atoms with Crippen LogP contribution in [0.15, 0.2) is 18.2 Å². The van der Waals surface area contributed by atoms with Crippen LogP contribution in [0.2, 0.25) is 0 Å². The number of sulfone groups is 1. The summed E-state index contributed by atoms with van der Waals surface area (Å²) in [5.74, 6) is 0.530. The number of hydrogen-bond donors (Lipinski definition) is 0. The smallest absolute Gasteiger partial charge is 0.159 e. The molecule has 4 nitrogen and oxygen atoms in total. The summed E-state index contributed by atoms with van der Waals surface area (Å²) in [5.41, 5.74) is 2.94. The Hall–Kier alpha value is -1.36. The minimum absolute atomic E-state index is 0.0665. The van der Waals surface area contributed by atoms with Gasteiger partial charge in [0.2, 0.25) is 0 Å². The number of ketones is 1. The van der Waals surface area contributed by atoms with Gasteiger partial charge in [-0.05, 0) is 43.5 Å². The molecule has 1 aliphatic heterocycles. The summed E-state index contributed by atoms with van der Waals surface area (Å²) in [4.78, 5) is 13.5. The summed E-state index contributed by atoms with van der Waals surface area (Å²) in [7, 11) is -2.94. The maximum atomic E-state index is 11.8. The fourth-order valence-corrected chi connectivity index (χ4v) is 3.91. The molecule has 1 aliphatic rings. The molecule has 0 bridgehead atoms. The lowest BCUT2D eigenvalue weighted by atomic mass is 10.1. The van der Waals surface area contributed by atoms with Gasteiger partial charge in [0.05, 0.1) is 5.75 Å². The van der Waals surface area contributed by atoms with E-state index < -0.39 is 9.84 Å². The van der Waals surface area contributed by atoms with E-state index in [0.717, 1.165) is 29.8 Å². The van der Waals surface area contributed by atoms with Crippen molar-refractivity contribution in [3.63, 3.8) is 0 Å². The minimum Gasteiger partial charge on any atom is -0.370 e. The molecule has 0 amide bonds. The Morgan fingerprint density at radius 2 is 2.05 bits per heavy atom. The van der Waals surface area contributed by atoms with Crippen molar-refractivity contribution in [2.75, 3.05) is 29.5 Å². The largest absolute Gasteiger partial charge is 0.370 e. The Morgan fingerprint density at radius 1 is 1.30 bits per heavy atom. The summed E-state index contributed by atoms with van der Waals surface area (Å²) in [6.45, 7) is 4.81. The topological polar surface area (TPSA) is 54.5 Å². The van der Waals surface area contributed by atoms with Gasteiger partial charge in [-0.1, -0.05) is 6.92 Å². The molecule has 0 aliphatic carbocycles. The minimum atomic E-state index is -2.94. The van der Waals surface area contributed by atoms with E-state index in [1.54, 1.807) is 6.92 Å². The third-order valence-corrected chi connectivity index (χ3v) is 5.50. The van der Waals surface area contributed by atoms with Crippen LogP contribution >= 0.6 is 0 Å². The molecular weight excluding hydrogens is 274 g/mol. The molecule has 5 heteroatoms. The molecule has 0 unspecified atom stereocenters. The van der Waals surface area contributed by atoms with Crippen LogP contribution in [0.1, 0.15) is 36.2 Å². The molecule has 1 aromatic carbocycles. The molecule has 0 radical (unpaired) electrons. The lowest BCUT2D eigenvalue weighted by Crippen LogP contribution is -2.28. The molecule has 20 heavy (non-hydrogen) atoms. The van der Waals surface area contributed by atoms with Crippen LogP contribution < -0.4 is 4.90 Å². The van der Waals surface area contributed by atoms with E-state index in [1.165, 1.54) is 0 Å². The van der Waals surface area contributed by atoms with Gasteiger partial charge in [-0.3, -0.25) is 4.79 Å². The van der Waals surface area contributed by atoms with Crippen molar-refractivity contribution < 1.29 is 13.2 Å². The highest BCUT2D eigenvalue weighted by Crippen LogP contribution is 2.28. The van der Waals surface area contributed by atoms with Crippen molar-refractivity contribution in [1.82, 2.24) is 0 Å². The molecule has 0 atom stereocenters. The average molecular weight is 295 g/mol. The second kappa shape index (κ2) is 5.95. The van der Waals surface area contributed by atoms with Gasteiger partial charge in [0.25, 0.3) is 0 Å². The predicted molar refractivity (Wildman–Crippen MR) is 81.3 cm³/mol. The van der Waals surface area contributed by atoms with Crippen LogP contribution in [0, 0.1) is 0 Å². The van der Waals surface area contributed by atoms with Crippen LogP contribution in [-0.2, 0) is 16.3 Å². The van der Waals surface area contributed by atoms with E-state index in [9.17, 15) is 13.2 Å². The molecule has 0 N–H and O–H groups in total. The third kappa shape index (κ3) is 3.39. The highest BCUT2D eigenvalue weighted by Gasteiger charge is 2.21. The zero-order chi connectivity index (χ0) is 14.8. The fourth-order valence-electron chi connectivity index (χ4n) is 2.58. The van der Waals surface area contributed by atoms with Gasteiger partial charge in [-0.2, -0.15) is 0 Å². The van der Waals surface area contributed by atoms with Crippen molar-refractivity contribution in [2.24, 2.45) is 0 Å². The van der Waals surface area contributed by atoms with Crippen LogP contribution in [-0.4, -0.2) is 38.8 Å². The molecular formula is C15H21NO3S. The van der Waals surface area contributed by atoms with Gasteiger partial charge < -0.3 is 4.90 Å². The molecule has 0 fully saturated rings. The standard InChI is InChI=1S/C15H21NO3S/c1-3-9-20(18,19)10-8-16-7-6-14-11-13(12(2)17)4-5-15(14)16/h4-5,11H,3,6-10H2,1-2H3. The fraction of sp³-hybridized carbons (Fsp3) is 0.533. The normalized spacial score (nSPS) is 14.4. The first-order valence-corrected chi connectivity index (χ1v) is 8.84. The molecule has 0 aromatic heterocycles. The molecule has 2 rings (SSSR count). The van der Waals surface area contributed by atoms with Crippen molar-refractivity contribution in [1.29, 1.82) is 0 Å². The molecule has 1 heterocycles. The first kappa shape index (κ1) is 15.0. The van der Waals surface area contributed by atoms with Gasteiger partial charge in [-0.15, -0.1) is 0 Å². The van der Waals surface area contributed by atoms with Crippen molar-refractivity contribution in [3.05, 3.63) is 29.3 Å². The average Bonchev–Trinajstić information content (AvgIpc) is 2.78. The number of carbonyl (C=O) groups is 1. The summed E-state index contributed by atoms with van der Waals surface area (Å²) in [5, 5.41) is 0. The molecule has 0 saturated carbocycles. The van der Waals surface area contributed by atoms with Gasteiger partial charge in [0.1, 0.15) is 0 Å². The van der Waals surface area contributed by atoms with Gasteiger partial charge in [0, 0.05) is 30.1 Å². The van der Waals surface area contributed by atoms with Crippen LogP contribution in [0.3, 0.4) is 0 Å². The molecule has 1 aromatic rings. The van der Waals surface area contributed by atoms with E-state index in [1.807, 2.05) is 25.1 Å². The SMILES string of the molecule is CCCS(=O)(=O)CCN1CCc2cc(C(C)=O)ccc21. The summed E-state index contributed by atoms with van der Waals surface area (Å²) >= 11 is 0. The van der Waals surface area contributed by atoms with Crippen molar-refractivity contribution in [3.8, 4) is 0 Å². The Bertz CT molecular complexity index is 608. The van der Waals surface area contributed by atoms with E-state index in [0.29, 0.717) is 13.0 Å². The number of hydrogen-bond acceptors (Lipinski definition) is 4. The number of carbonyl (C=O) groups excluding carboxylic acids is 1. The lowest BCUT2D eigenvalue weighted by Gasteiger charge is -2.19. The zero-order valence-corrected chi connectivity index (χ0v) is 12.9. The van der Waals surface area contributed by atoms with E-state index in [-0.39, 0.29) is 17.3 Å². The monoisotopic (exact) mass is 295 g/mol. The Kier molecular flexibility index (Phi) is 4.48.